The molecular formula is C30H30Cl2N6O4. The number of ether oxygens (including phenoxy) is 4. The van der Waals surface area contributed by atoms with Gasteiger partial charge >= 0.3 is 0 Å². The summed E-state index contributed by atoms with van der Waals surface area (Å²) in [5, 5.41) is 14.0. The summed E-state index contributed by atoms with van der Waals surface area (Å²) < 4.78 is 23.9. The topological polar surface area (TPSA) is 105 Å². The quantitative estimate of drug-likeness (QED) is 0.147. The van der Waals surface area contributed by atoms with E-state index in [1.807, 2.05) is 59.4 Å². The first-order valence-electron chi connectivity index (χ1n) is 13.3. The first-order chi connectivity index (χ1) is 20.5. The van der Waals surface area contributed by atoms with E-state index in [1.54, 1.807) is 20.3 Å². The number of aromatic nitrogens is 5. The summed E-state index contributed by atoms with van der Waals surface area (Å²) in [6.07, 6.45) is 4.18. The maximum Gasteiger partial charge on any atom is 0.163 e. The fourth-order valence-corrected chi connectivity index (χ4v) is 4.55. The molecule has 218 valence electrons. The van der Waals surface area contributed by atoms with Crippen LogP contribution in [0.4, 0.5) is 11.5 Å². The van der Waals surface area contributed by atoms with E-state index in [4.69, 9.17) is 42.1 Å². The summed E-state index contributed by atoms with van der Waals surface area (Å²) in [5.41, 5.74) is 4.29. The van der Waals surface area contributed by atoms with Crippen LogP contribution < -0.4 is 14.8 Å². The number of hydrogen-bond donors (Lipinski definition) is 1. The molecule has 0 aliphatic heterocycles. The SMILES string of the molecule is COCCOc1cc2ncnc(Nc3cccc(-c4cn(CCc5ccc(Cl)c(Cl)c5)nn4)c3)c2cc1OCCOC. The third kappa shape index (κ3) is 7.46. The van der Waals surface area contributed by atoms with Crippen molar-refractivity contribution in [3.05, 3.63) is 82.7 Å². The number of halogens is 2. The van der Waals surface area contributed by atoms with Gasteiger partial charge in [-0.05, 0) is 42.3 Å². The molecule has 5 rings (SSSR count). The highest BCUT2D eigenvalue weighted by atomic mass is 35.5. The van der Waals surface area contributed by atoms with Crippen LogP contribution in [0.2, 0.25) is 10.0 Å². The van der Waals surface area contributed by atoms with Crippen molar-refractivity contribution in [1.82, 2.24) is 25.0 Å². The number of nitrogens with one attached hydrogen (secondary N) is 1. The van der Waals surface area contributed by atoms with Crippen molar-refractivity contribution in [2.75, 3.05) is 46.0 Å². The summed E-state index contributed by atoms with van der Waals surface area (Å²) >= 11 is 12.2. The Bertz CT molecular complexity index is 1650. The van der Waals surface area contributed by atoms with Gasteiger partial charge in [0.25, 0.3) is 0 Å². The van der Waals surface area contributed by atoms with Gasteiger partial charge in [0.15, 0.2) is 11.5 Å². The molecular weight excluding hydrogens is 579 g/mol. The molecule has 0 aliphatic carbocycles. The lowest BCUT2D eigenvalue weighted by Crippen LogP contribution is -2.09. The average Bonchev–Trinajstić information content (AvgIpc) is 3.48. The van der Waals surface area contributed by atoms with Gasteiger partial charge in [-0.3, -0.25) is 4.68 Å². The van der Waals surface area contributed by atoms with Crippen molar-refractivity contribution < 1.29 is 18.9 Å². The van der Waals surface area contributed by atoms with Crippen molar-refractivity contribution in [1.29, 1.82) is 0 Å². The lowest BCUT2D eigenvalue weighted by molar-refractivity contribution is 0.132. The normalized spacial score (nSPS) is 11.1. The van der Waals surface area contributed by atoms with Crippen molar-refractivity contribution in [2.24, 2.45) is 0 Å². The summed E-state index contributed by atoms with van der Waals surface area (Å²) in [7, 11) is 3.25. The molecule has 2 aromatic heterocycles. The molecule has 0 bridgehead atoms. The van der Waals surface area contributed by atoms with E-state index < -0.39 is 0 Å². The molecule has 0 saturated carbocycles. The molecule has 0 spiro atoms. The average molecular weight is 610 g/mol. The largest absolute Gasteiger partial charge is 0.487 e. The lowest BCUT2D eigenvalue weighted by Gasteiger charge is -2.15. The van der Waals surface area contributed by atoms with Crippen LogP contribution >= 0.6 is 23.2 Å². The number of hydrogen-bond acceptors (Lipinski definition) is 9. The number of nitrogens with zero attached hydrogens (tertiary/aromatic N) is 5. The van der Waals surface area contributed by atoms with E-state index in [9.17, 15) is 0 Å². The predicted octanol–water partition coefficient (Wildman–Crippen LogP) is 6.23. The minimum atomic E-state index is 0.370. The van der Waals surface area contributed by atoms with Crippen LogP contribution in [-0.2, 0) is 22.4 Å². The van der Waals surface area contributed by atoms with Crippen molar-refractivity contribution in [3.8, 4) is 22.8 Å². The van der Waals surface area contributed by atoms with Gasteiger partial charge in [-0.2, -0.15) is 0 Å². The number of benzene rings is 3. The molecule has 5 aromatic rings. The molecule has 0 saturated heterocycles. The molecule has 10 nitrogen and oxygen atoms in total. The second-order valence-electron chi connectivity index (χ2n) is 9.29. The Morgan fingerprint density at radius 1 is 0.833 bits per heavy atom. The van der Waals surface area contributed by atoms with Crippen LogP contribution in [-0.4, -0.2) is 65.6 Å². The van der Waals surface area contributed by atoms with Gasteiger partial charge < -0.3 is 24.3 Å². The van der Waals surface area contributed by atoms with Gasteiger partial charge in [0.2, 0.25) is 0 Å². The molecule has 42 heavy (non-hydrogen) atoms. The zero-order valence-electron chi connectivity index (χ0n) is 23.2. The number of fused-ring (bicyclic) bond motifs is 1. The van der Waals surface area contributed by atoms with Crippen LogP contribution in [0.3, 0.4) is 0 Å². The molecule has 2 heterocycles. The third-order valence-electron chi connectivity index (χ3n) is 6.36. The van der Waals surface area contributed by atoms with E-state index in [0.717, 1.165) is 34.3 Å². The number of rotatable bonds is 14. The number of anilines is 2. The minimum absolute atomic E-state index is 0.370. The van der Waals surface area contributed by atoms with Gasteiger partial charge in [-0.15, -0.1) is 5.10 Å². The van der Waals surface area contributed by atoms with Crippen molar-refractivity contribution in [3.63, 3.8) is 0 Å². The van der Waals surface area contributed by atoms with Gasteiger partial charge in [0.05, 0.1) is 35.0 Å². The van der Waals surface area contributed by atoms with Crippen LogP contribution in [0.5, 0.6) is 11.5 Å². The molecule has 12 heteroatoms. The van der Waals surface area contributed by atoms with Gasteiger partial charge in [-0.1, -0.05) is 46.6 Å². The van der Waals surface area contributed by atoms with Crippen LogP contribution in [0, 0.1) is 0 Å². The zero-order chi connectivity index (χ0) is 29.3. The standard InChI is InChI=1S/C30H30Cl2N6O4/c1-39-10-12-41-28-16-23-26(17-29(28)42-13-11-40-2)33-19-34-30(23)35-22-5-3-4-21(15-22)27-18-38(37-36-27)9-8-20-6-7-24(31)25(32)14-20/h3-7,14-19H,8-13H2,1-2H3,(H,33,34,35). The molecule has 0 amide bonds. The maximum absolute atomic E-state index is 6.15. The second kappa shape index (κ2) is 14.3. The molecule has 0 atom stereocenters. The summed E-state index contributed by atoms with van der Waals surface area (Å²) in [6.45, 7) is 2.30. The van der Waals surface area contributed by atoms with Crippen LogP contribution in [0.15, 0.2) is 67.1 Å². The first-order valence-corrected chi connectivity index (χ1v) is 14.0. The molecule has 0 aliphatic rings. The Kier molecular flexibility index (Phi) is 10.0. The summed E-state index contributed by atoms with van der Waals surface area (Å²) in [5.74, 6) is 1.77. The fourth-order valence-electron chi connectivity index (χ4n) is 4.23. The molecule has 1 N–H and O–H groups in total. The van der Waals surface area contributed by atoms with E-state index in [-0.39, 0.29) is 0 Å². The highest BCUT2D eigenvalue weighted by Crippen LogP contribution is 2.35. The Hall–Kier alpha value is -3.96. The van der Waals surface area contributed by atoms with Crippen molar-refractivity contribution in [2.45, 2.75) is 13.0 Å². The minimum Gasteiger partial charge on any atom is -0.487 e. The third-order valence-corrected chi connectivity index (χ3v) is 7.10. The predicted molar refractivity (Wildman–Crippen MR) is 163 cm³/mol. The smallest absolute Gasteiger partial charge is 0.163 e. The van der Waals surface area contributed by atoms with Gasteiger partial charge in [0, 0.05) is 43.5 Å². The van der Waals surface area contributed by atoms with E-state index >= 15 is 0 Å². The maximum atomic E-state index is 6.15. The summed E-state index contributed by atoms with van der Waals surface area (Å²) in [4.78, 5) is 8.95. The van der Waals surface area contributed by atoms with Crippen LogP contribution in [0.25, 0.3) is 22.2 Å². The first kappa shape index (κ1) is 29.5. The molecule has 0 radical (unpaired) electrons. The number of aryl methyl sites for hydroxylation is 2. The Balaban J connectivity index is 1.34. The Labute approximate surface area is 253 Å². The van der Waals surface area contributed by atoms with E-state index in [1.165, 1.54) is 6.33 Å². The van der Waals surface area contributed by atoms with Gasteiger partial charge in [0.1, 0.15) is 31.1 Å². The Morgan fingerprint density at radius 2 is 1.62 bits per heavy atom. The monoisotopic (exact) mass is 608 g/mol. The Morgan fingerprint density at radius 3 is 2.38 bits per heavy atom. The molecule has 0 fully saturated rings. The molecule has 0 unspecified atom stereocenters. The van der Waals surface area contributed by atoms with E-state index in [0.29, 0.717) is 65.9 Å². The number of methoxy groups -OCH3 is 2. The lowest BCUT2D eigenvalue weighted by atomic mass is 10.1. The highest BCUT2D eigenvalue weighted by Gasteiger charge is 2.14. The zero-order valence-corrected chi connectivity index (χ0v) is 24.7. The second-order valence-corrected chi connectivity index (χ2v) is 10.1. The molecule has 3 aromatic carbocycles. The van der Waals surface area contributed by atoms with E-state index in [2.05, 4.69) is 25.6 Å². The van der Waals surface area contributed by atoms with Gasteiger partial charge in [-0.25, -0.2) is 9.97 Å². The fraction of sp³-hybridized carbons (Fsp3) is 0.267. The highest BCUT2D eigenvalue weighted by molar-refractivity contribution is 6.42. The summed E-state index contributed by atoms with van der Waals surface area (Å²) in [6, 6.07) is 17.3. The van der Waals surface area contributed by atoms with Crippen LogP contribution in [0.1, 0.15) is 5.56 Å². The van der Waals surface area contributed by atoms with Crippen molar-refractivity contribution >= 4 is 45.6 Å².